The van der Waals surface area contributed by atoms with Crippen molar-refractivity contribution in [1.29, 1.82) is 0 Å². The second-order valence-corrected chi connectivity index (χ2v) is 5.93. The lowest BCUT2D eigenvalue weighted by Gasteiger charge is -2.10. The summed E-state index contributed by atoms with van der Waals surface area (Å²) in [7, 11) is 0. The minimum absolute atomic E-state index is 0.765. The van der Waals surface area contributed by atoms with Gasteiger partial charge < -0.3 is 20.3 Å². The van der Waals surface area contributed by atoms with Gasteiger partial charge in [-0.1, -0.05) is 54.6 Å². The molecule has 2 aromatic rings. The predicted molar refractivity (Wildman–Crippen MR) is 108 cm³/mol. The number of ether oxygens (including phenoxy) is 1. The van der Waals surface area contributed by atoms with Gasteiger partial charge in [0.2, 0.25) is 0 Å². The molecule has 2 aromatic carbocycles. The third kappa shape index (κ3) is 10.1. The molecule has 0 radical (unpaired) electrons. The zero-order valence-corrected chi connectivity index (χ0v) is 15.8. The highest BCUT2D eigenvalue weighted by molar-refractivity contribution is 6.27. The Bertz CT molecular complexity index is 719. The van der Waals surface area contributed by atoms with Crippen LogP contribution in [0, 0.1) is 0 Å². The van der Waals surface area contributed by atoms with Crippen LogP contribution in [0.25, 0.3) is 0 Å². The number of unbranched alkanes of at least 4 members (excludes halogenated alkanes) is 1. The largest absolute Gasteiger partial charge is 0.493 e. The van der Waals surface area contributed by atoms with Crippen molar-refractivity contribution < 1.29 is 24.5 Å². The van der Waals surface area contributed by atoms with Gasteiger partial charge in [-0.05, 0) is 43.0 Å². The van der Waals surface area contributed by atoms with Gasteiger partial charge in [0.25, 0.3) is 0 Å². The van der Waals surface area contributed by atoms with Crippen LogP contribution in [0.2, 0.25) is 0 Å². The Hall–Kier alpha value is -3.12. The summed E-state index contributed by atoms with van der Waals surface area (Å²) >= 11 is 0. The zero-order chi connectivity index (χ0) is 20.6. The van der Waals surface area contributed by atoms with E-state index in [-0.39, 0.29) is 0 Å². The highest BCUT2D eigenvalue weighted by atomic mass is 16.5. The third-order valence-electron chi connectivity index (χ3n) is 3.70. The minimum Gasteiger partial charge on any atom is -0.493 e. The number of carboxylic acids is 2. The van der Waals surface area contributed by atoms with Gasteiger partial charge in [-0.15, -0.1) is 6.58 Å². The molecule has 0 aliphatic carbocycles. The van der Waals surface area contributed by atoms with Crippen molar-refractivity contribution in [3.8, 4) is 5.75 Å². The molecule has 0 heterocycles. The van der Waals surface area contributed by atoms with E-state index in [4.69, 9.17) is 24.5 Å². The fourth-order valence-corrected chi connectivity index (χ4v) is 2.33. The lowest BCUT2D eigenvalue weighted by Crippen LogP contribution is -2.15. The van der Waals surface area contributed by atoms with E-state index in [0.717, 1.165) is 44.7 Å². The first kappa shape index (κ1) is 22.9. The van der Waals surface area contributed by atoms with Gasteiger partial charge in [-0.25, -0.2) is 9.59 Å². The summed E-state index contributed by atoms with van der Waals surface area (Å²) in [6, 6.07) is 18.7. The molecule has 0 amide bonds. The van der Waals surface area contributed by atoms with Crippen LogP contribution in [0.5, 0.6) is 5.75 Å². The predicted octanol–water partition coefficient (Wildman–Crippen LogP) is 3.52. The van der Waals surface area contributed by atoms with Gasteiger partial charge >= 0.3 is 11.9 Å². The Labute approximate surface area is 165 Å². The van der Waals surface area contributed by atoms with Crippen LogP contribution in [0.4, 0.5) is 0 Å². The monoisotopic (exact) mass is 385 g/mol. The molecule has 6 heteroatoms. The molecule has 150 valence electrons. The van der Waals surface area contributed by atoms with Crippen LogP contribution in [-0.4, -0.2) is 35.3 Å². The van der Waals surface area contributed by atoms with Crippen molar-refractivity contribution in [2.45, 2.75) is 25.8 Å². The van der Waals surface area contributed by atoms with Crippen LogP contribution in [0.3, 0.4) is 0 Å². The second-order valence-electron chi connectivity index (χ2n) is 5.93. The van der Waals surface area contributed by atoms with Crippen LogP contribution in [0.1, 0.15) is 24.0 Å². The molecule has 0 fully saturated rings. The van der Waals surface area contributed by atoms with Crippen LogP contribution >= 0.6 is 0 Å². The maximum atomic E-state index is 9.10. The smallest absolute Gasteiger partial charge is 0.414 e. The van der Waals surface area contributed by atoms with Gasteiger partial charge in [0.05, 0.1) is 6.61 Å². The van der Waals surface area contributed by atoms with E-state index >= 15 is 0 Å². The van der Waals surface area contributed by atoms with Gasteiger partial charge in [-0.3, -0.25) is 0 Å². The number of rotatable bonds is 10. The number of aliphatic carboxylic acids is 2. The average Bonchev–Trinajstić information content (AvgIpc) is 2.70. The van der Waals surface area contributed by atoms with E-state index in [1.54, 1.807) is 0 Å². The molecule has 0 aliphatic rings. The first-order chi connectivity index (χ1) is 13.5. The van der Waals surface area contributed by atoms with Crippen molar-refractivity contribution >= 4 is 11.9 Å². The highest BCUT2D eigenvalue weighted by Gasteiger charge is 2.04. The van der Waals surface area contributed by atoms with Crippen molar-refractivity contribution in [3.05, 3.63) is 78.4 Å². The van der Waals surface area contributed by atoms with E-state index in [1.807, 2.05) is 30.3 Å². The van der Waals surface area contributed by atoms with Gasteiger partial charge in [-0.2, -0.15) is 0 Å². The quantitative estimate of drug-likeness (QED) is 0.329. The first-order valence-electron chi connectivity index (χ1n) is 9.07. The van der Waals surface area contributed by atoms with E-state index in [0.29, 0.717) is 0 Å². The number of benzene rings is 2. The van der Waals surface area contributed by atoms with Crippen LogP contribution in [-0.2, 0) is 22.6 Å². The molecule has 0 aliphatic heterocycles. The van der Waals surface area contributed by atoms with E-state index in [9.17, 15) is 0 Å². The summed E-state index contributed by atoms with van der Waals surface area (Å²) in [4.78, 5) is 18.2. The molecule has 0 saturated heterocycles. The van der Waals surface area contributed by atoms with Crippen LogP contribution in [0.15, 0.2) is 67.3 Å². The summed E-state index contributed by atoms with van der Waals surface area (Å²) in [6.07, 6.45) is 4.95. The summed E-state index contributed by atoms with van der Waals surface area (Å²) < 4.78 is 5.88. The molecule has 0 bridgehead atoms. The number of hydrogen-bond acceptors (Lipinski definition) is 4. The molecule has 0 saturated carbocycles. The maximum Gasteiger partial charge on any atom is 0.414 e. The van der Waals surface area contributed by atoms with Crippen molar-refractivity contribution in [3.63, 3.8) is 0 Å². The molecular weight excluding hydrogens is 358 g/mol. The van der Waals surface area contributed by atoms with Crippen molar-refractivity contribution in [2.24, 2.45) is 0 Å². The van der Waals surface area contributed by atoms with Gasteiger partial charge in [0, 0.05) is 6.54 Å². The Balaban J connectivity index is 0.000000568. The molecule has 3 N–H and O–H groups in total. The normalized spacial score (nSPS) is 9.71. The Morgan fingerprint density at radius 2 is 1.61 bits per heavy atom. The van der Waals surface area contributed by atoms with Crippen molar-refractivity contribution in [1.82, 2.24) is 5.32 Å². The SMILES string of the molecule is C=CCc1ccccc1OCCCCNCc1ccccc1.O=C(O)C(=O)O. The molecule has 28 heavy (non-hydrogen) atoms. The number of carbonyl (C=O) groups is 2. The average molecular weight is 385 g/mol. The number of carboxylic acid groups (broad SMARTS) is 2. The lowest BCUT2D eigenvalue weighted by atomic mass is 10.1. The lowest BCUT2D eigenvalue weighted by molar-refractivity contribution is -0.159. The summed E-state index contributed by atoms with van der Waals surface area (Å²) in [5.74, 6) is -2.66. The molecule has 0 aromatic heterocycles. The molecule has 0 spiro atoms. The molecule has 0 unspecified atom stereocenters. The topological polar surface area (TPSA) is 95.9 Å². The Morgan fingerprint density at radius 1 is 0.964 bits per heavy atom. The molecule has 6 nitrogen and oxygen atoms in total. The molecule has 2 rings (SSSR count). The highest BCUT2D eigenvalue weighted by Crippen LogP contribution is 2.18. The first-order valence-corrected chi connectivity index (χ1v) is 9.07. The standard InChI is InChI=1S/C20H25NO.C2H2O4/c1-2-10-19-13-6-7-14-20(19)22-16-9-8-15-21-17-18-11-4-3-5-12-18;3-1(4)2(5)6/h2-7,11-14,21H,1,8-10,15-17H2;(H,3,4)(H,5,6). The van der Waals surface area contributed by atoms with E-state index < -0.39 is 11.9 Å². The van der Waals surface area contributed by atoms with Gasteiger partial charge in [0.1, 0.15) is 5.75 Å². The van der Waals surface area contributed by atoms with E-state index in [2.05, 4.69) is 42.2 Å². The molecule has 0 atom stereocenters. The summed E-state index contributed by atoms with van der Waals surface area (Å²) in [5.41, 5.74) is 2.54. The van der Waals surface area contributed by atoms with Crippen LogP contribution < -0.4 is 10.1 Å². The number of allylic oxidation sites excluding steroid dienone is 1. The summed E-state index contributed by atoms with van der Waals surface area (Å²) in [6.45, 7) is 6.51. The Kier molecular flexibility index (Phi) is 11.5. The number of para-hydroxylation sites is 1. The zero-order valence-electron chi connectivity index (χ0n) is 15.8. The summed E-state index contributed by atoms with van der Waals surface area (Å²) in [5, 5.41) is 18.2. The minimum atomic E-state index is -1.82. The fraction of sp³-hybridized carbons (Fsp3) is 0.273. The third-order valence-corrected chi connectivity index (χ3v) is 3.70. The fourth-order valence-electron chi connectivity index (χ4n) is 2.33. The second kappa shape index (κ2) is 14.0. The number of hydrogen-bond donors (Lipinski definition) is 3. The molecular formula is C22H27NO5. The number of nitrogens with one attached hydrogen (secondary N) is 1. The van der Waals surface area contributed by atoms with Gasteiger partial charge in [0.15, 0.2) is 0 Å². The van der Waals surface area contributed by atoms with Crippen molar-refractivity contribution in [2.75, 3.05) is 13.2 Å². The van der Waals surface area contributed by atoms with E-state index in [1.165, 1.54) is 11.1 Å². The maximum absolute atomic E-state index is 9.10. The Morgan fingerprint density at radius 3 is 2.25 bits per heavy atom.